The van der Waals surface area contributed by atoms with E-state index in [1.807, 2.05) is 0 Å². The van der Waals surface area contributed by atoms with E-state index in [1.165, 1.54) is 0 Å². The highest BCUT2D eigenvalue weighted by atomic mass is 19.1. The Bertz CT molecular complexity index is 960. The van der Waals surface area contributed by atoms with Crippen LogP contribution in [0.25, 0.3) is 0 Å². The fourth-order valence-electron chi connectivity index (χ4n) is 2.51. The normalized spacial score (nSPS) is 16.3. The highest BCUT2D eigenvalue weighted by Gasteiger charge is 2.36. The van der Waals surface area contributed by atoms with E-state index >= 15 is 0 Å². The zero-order valence-electron chi connectivity index (χ0n) is 12.0. The quantitative estimate of drug-likeness (QED) is 0.865. The van der Waals surface area contributed by atoms with E-state index in [2.05, 4.69) is 0 Å². The van der Waals surface area contributed by atoms with Crippen molar-refractivity contribution in [3.8, 4) is 11.8 Å². The number of nitrogens with zero attached hydrogens (tertiary/aromatic N) is 1. The summed E-state index contributed by atoms with van der Waals surface area (Å²) < 4.78 is 38.3. The van der Waals surface area contributed by atoms with Gasteiger partial charge in [-0.05, 0) is 18.2 Å². The van der Waals surface area contributed by atoms with Gasteiger partial charge in [-0.3, -0.25) is 4.79 Å². The van der Waals surface area contributed by atoms with Gasteiger partial charge in [0.15, 0.2) is 5.76 Å². The maximum atomic E-state index is 14.2. The SMILES string of the molecule is N#CC1=C(N)Oc2c(oc(CO)cc2=O)[C@H]1c1cc(F)ccc1F. The number of nitriles is 1. The van der Waals surface area contributed by atoms with Crippen LogP contribution in [0.5, 0.6) is 5.75 Å². The molecule has 0 unspecified atom stereocenters. The molecule has 0 radical (unpaired) electrons. The Labute approximate surface area is 134 Å². The largest absolute Gasteiger partial charge is 0.458 e. The number of benzene rings is 1. The van der Waals surface area contributed by atoms with Crippen molar-refractivity contribution in [3.05, 3.63) is 74.7 Å². The molecule has 2 heterocycles. The summed E-state index contributed by atoms with van der Waals surface area (Å²) in [4.78, 5) is 12.1. The molecule has 1 aliphatic heterocycles. The Morgan fingerprint density at radius 1 is 1.33 bits per heavy atom. The van der Waals surface area contributed by atoms with E-state index in [0.717, 1.165) is 24.3 Å². The average molecular weight is 332 g/mol. The number of fused-ring (bicyclic) bond motifs is 1. The first kappa shape index (κ1) is 15.7. The molecule has 3 N–H and O–H groups in total. The average Bonchev–Trinajstić information content (AvgIpc) is 2.56. The molecule has 0 saturated heterocycles. The number of aliphatic hydroxyl groups excluding tert-OH is 1. The van der Waals surface area contributed by atoms with Crippen LogP contribution in [0.4, 0.5) is 8.78 Å². The highest BCUT2D eigenvalue weighted by molar-refractivity contribution is 5.52. The Kier molecular flexibility index (Phi) is 3.79. The minimum Gasteiger partial charge on any atom is -0.458 e. The molecule has 0 bridgehead atoms. The fourth-order valence-corrected chi connectivity index (χ4v) is 2.51. The smallest absolute Gasteiger partial charge is 0.228 e. The molecule has 8 heteroatoms. The molecule has 1 aromatic heterocycles. The molecule has 1 atom stereocenters. The highest BCUT2D eigenvalue weighted by Crippen LogP contribution is 2.41. The van der Waals surface area contributed by atoms with Gasteiger partial charge in [0.05, 0.1) is 5.92 Å². The molecule has 0 aliphatic carbocycles. The van der Waals surface area contributed by atoms with Crippen LogP contribution in [0.15, 0.2) is 44.9 Å². The third-order valence-corrected chi connectivity index (χ3v) is 3.55. The Hall–Kier alpha value is -3.18. The van der Waals surface area contributed by atoms with Crippen LogP contribution in [-0.4, -0.2) is 5.11 Å². The van der Waals surface area contributed by atoms with E-state index in [0.29, 0.717) is 0 Å². The second-order valence-corrected chi connectivity index (χ2v) is 5.02. The monoisotopic (exact) mass is 332 g/mol. The van der Waals surface area contributed by atoms with Crippen molar-refractivity contribution in [1.29, 1.82) is 5.26 Å². The maximum Gasteiger partial charge on any atom is 0.228 e. The lowest BCUT2D eigenvalue weighted by Crippen LogP contribution is -2.26. The number of allylic oxidation sites excluding steroid dienone is 1. The van der Waals surface area contributed by atoms with Crippen molar-refractivity contribution in [3.63, 3.8) is 0 Å². The van der Waals surface area contributed by atoms with Gasteiger partial charge >= 0.3 is 0 Å². The van der Waals surface area contributed by atoms with Crippen LogP contribution in [-0.2, 0) is 6.61 Å². The number of ether oxygens (including phenoxy) is 1. The molecule has 0 saturated carbocycles. The van der Waals surface area contributed by atoms with Gasteiger partial charge in [0.2, 0.25) is 17.1 Å². The first-order valence-corrected chi connectivity index (χ1v) is 6.76. The van der Waals surface area contributed by atoms with Gasteiger partial charge in [-0.25, -0.2) is 8.78 Å². The zero-order valence-corrected chi connectivity index (χ0v) is 12.0. The van der Waals surface area contributed by atoms with Gasteiger partial charge in [-0.2, -0.15) is 5.26 Å². The van der Waals surface area contributed by atoms with Crippen LogP contribution < -0.4 is 15.9 Å². The molecular formula is C16H10F2N2O4. The van der Waals surface area contributed by atoms with Crippen LogP contribution >= 0.6 is 0 Å². The molecular weight excluding hydrogens is 322 g/mol. The number of rotatable bonds is 2. The van der Waals surface area contributed by atoms with Gasteiger partial charge in [0, 0.05) is 11.6 Å². The molecule has 1 aromatic carbocycles. The number of nitrogens with two attached hydrogens (primary N) is 1. The van der Waals surface area contributed by atoms with Crippen molar-refractivity contribution in [2.24, 2.45) is 5.73 Å². The van der Waals surface area contributed by atoms with Gasteiger partial charge in [0.1, 0.15) is 35.6 Å². The van der Waals surface area contributed by atoms with Gasteiger partial charge in [-0.15, -0.1) is 0 Å². The van der Waals surface area contributed by atoms with E-state index in [4.69, 9.17) is 14.9 Å². The summed E-state index contributed by atoms with van der Waals surface area (Å²) in [6, 6.07) is 5.43. The minimum absolute atomic E-state index is 0.109. The topological polar surface area (TPSA) is 109 Å². The summed E-state index contributed by atoms with van der Waals surface area (Å²) in [7, 11) is 0. The van der Waals surface area contributed by atoms with Crippen molar-refractivity contribution < 1.29 is 23.0 Å². The summed E-state index contributed by atoms with van der Waals surface area (Å²) in [6.07, 6.45) is 0. The Morgan fingerprint density at radius 3 is 2.75 bits per heavy atom. The molecule has 3 rings (SSSR count). The molecule has 6 nitrogen and oxygen atoms in total. The standard InChI is InChI=1S/C16H10F2N2O4/c17-7-1-2-11(18)9(3-7)13-10(5-19)16(20)24-14-12(22)4-8(6-21)23-15(13)14/h1-4,13,21H,6,20H2/t13-/m0/s1. The first-order chi connectivity index (χ1) is 11.5. The summed E-state index contributed by atoms with van der Waals surface area (Å²) in [5, 5.41) is 18.5. The van der Waals surface area contributed by atoms with Crippen LogP contribution in [0.2, 0.25) is 0 Å². The van der Waals surface area contributed by atoms with Crippen molar-refractivity contribution >= 4 is 0 Å². The predicted molar refractivity (Wildman–Crippen MR) is 76.6 cm³/mol. The van der Waals surface area contributed by atoms with Gasteiger partial charge in [-0.1, -0.05) is 0 Å². The summed E-state index contributed by atoms with van der Waals surface area (Å²) >= 11 is 0. The molecule has 2 aromatic rings. The van der Waals surface area contributed by atoms with E-state index in [-0.39, 0.29) is 28.4 Å². The van der Waals surface area contributed by atoms with E-state index in [1.54, 1.807) is 6.07 Å². The Morgan fingerprint density at radius 2 is 2.08 bits per heavy atom. The van der Waals surface area contributed by atoms with E-state index < -0.39 is 35.5 Å². The third kappa shape index (κ3) is 2.41. The van der Waals surface area contributed by atoms with Gasteiger partial charge < -0.3 is 20.0 Å². The third-order valence-electron chi connectivity index (χ3n) is 3.55. The molecule has 0 fully saturated rings. The molecule has 0 spiro atoms. The van der Waals surface area contributed by atoms with Crippen molar-refractivity contribution in [2.75, 3.05) is 0 Å². The number of hydrogen-bond acceptors (Lipinski definition) is 6. The predicted octanol–water partition coefficient (Wildman–Crippen LogP) is 1.63. The number of aliphatic hydroxyl groups is 1. The molecule has 0 amide bonds. The lowest BCUT2D eigenvalue weighted by molar-refractivity contribution is 0.231. The van der Waals surface area contributed by atoms with Crippen molar-refractivity contribution in [1.82, 2.24) is 0 Å². The second kappa shape index (κ2) is 5.79. The molecule has 1 aliphatic rings. The molecule has 24 heavy (non-hydrogen) atoms. The van der Waals surface area contributed by atoms with Gasteiger partial charge in [0.25, 0.3) is 0 Å². The minimum atomic E-state index is -1.27. The lowest BCUT2D eigenvalue weighted by atomic mass is 9.87. The lowest BCUT2D eigenvalue weighted by Gasteiger charge is -2.25. The molecule has 122 valence electrons. The van der Waals surface area contributed by atoms with Crippen LogP contribution in [0, 0.1) is 23.0 Å². The summed E-state index contributed by atoms with van der Waals surface area (Å²) in [6.45, 7) is -0.595. The summed E-state index contributed by atoms with van der Waals surface area (Å²) in [5.41, 5.74) is 4.51. The number of hydrogen-bond donors (Lipinski definition) is 2. The van der Waals surface area contributed by atoms with Crippen LogP contribution in [0.3, 0.4) is 0 Å². The maximum absolute atomic E-state index is 14.2. The second-order valence-electron chi connectivity index (χ2n) is 5.02. The van der Waals surface area contributed by atoms with Crippen LogP contribution in [0.1, 0.15) is 23.0 Å². The van der Waals surface area contributed by atoms with E-state index in [9.17, 15) is 23.9 Å². The Balaban J connectivity index is 2.35. The summed E-state index contributed by atoms with van der Waals surface area (Å²) in [5.74, 6) is -3.89. The number of halogens is 2. The van der Waals surface area contributed by atoms with Crippen molar-refractivity contribution in [2.45, 2.75) is 12.5 Å². The first-order valence-electron chi connectivity index (χ1n) is 6.76. The fraction of sp³-hybridized carbons (Fsp3) is 0.125. The zero-order chi connectivity index (χ0) is 17.4.